The van der Waals surface area contributed by atoms with Crippen molar-refractivity contribution in [3.63, 3.8) is 0 Å². The maximum absolute atomic E-state index is 6.13. The summed E-state index contributed by atoms with van der Waals surface area (Å²) in [7, 11) is 0. The monoisotopic (exact) mass is 488 g/mol. The highest BCUT2D eigenvalue weighted by Gasteiger charge is 2.24. The number of piperidine rings is 1. The van der Waals surface area contributed by atoms with E-state index in [1.807, 2.05) is 6.33 Å². The van der Waals surface area contributed by atoms with Crippen LogP contribution in [0.4, 0.5) is 17.5 Å². The molecule has 3 heterocycles. The average Bonchev–Trinajstić information content (AvgIpc) is 3.58. The zero-order chi connectivity index (χ0) is 24.3. The summed E-state index contributed by atoms with van der Waals surface area (Å²) in [5, 5.41) is 7.18. The van der Waals surface area contributed by atoms with Crippen molar-refractivity contribution in [3.8, 4) is 0 Å². The van der Waals surface area contributed by atoms with E-state index in [9.17, 15) is 0 Å². The number of hydrogen-bond acceptors (Lipinski definition) is 7. The van der Waals surface area contributed by atoms with Crippen LogP contribution in [0.2, 0.25) is 0 Å². The van der Waals surface area contributed by atoms with E-state index in [0.717, 1.165) is 54.9 Å². The Labute approximate surface area is 214 Å². The topological polar surface area (TPSA) is 96.9 Å². The second kappa shape index (κ2) is 10.7. The third-order valence-electron chi connectivity index (χ3n) is 8.32. The van der Waals surface area contributed by atoms with Crippen LogP contribution in [0, 0.1) is 0 Å². The summed E-state index contributed by atoms with van der Waals surface area (Å²) >= 11 is 0. The maximum Gasteiger partial charge on any atom is 0.227 e. The molecule has 0 bridgehead atoms. The molecule has 8 nitrogen and oxygen atoms in total. The first-order chi connectivity index (χ1) is 17.7. The minimum atomic E-state index is 0.324. The van der Waals surface area contributed by atoms with Gasteiger partial charge in [0.25, 0.3) is 0 Å². The molecule has 0 amide bonds. The van der Waals surface area contributed by atoms with Gasteiger partial charge in [-0.1, -0.05) is 31.4 Å². The maximum atomic E-state index is 6.13. The van der Waals surface area contributed by atoms with Gasteiger partial charge in [-0.3, -0.25) is 4.90 Å². The summed E-state index contributed by atoms with van der Waals surface area (Å²) in [5.74, 6) is 1.46. The lowest BCUT2D eigenvalue weighted by molar-refractivity contribution is 0.221. The van der Waals surface area contributed by atoms with E-state index < -0.39 is 0 Å². The summed E-state index contributed by atoms with van der Waals surface area (Å²) in [6.45, 7) is 3.46. The molecule has 1 aliphatic heterocycles. The molecule has 2 aliphatic carbocycles. The van der Waals surface area contributed by atoms with Gasteiger partial charge in [0.2, 0.25) is 5.95 Å². The van der Waals surface area contributed by atoms with Crippen molar-refractivity contribution < 1.29 is 0 Å². The molecule has 192 valence electrons. The fourth-order valence-electron chi connectivity index (χ4n) is 6.17. The van der Waals surface area contributed by atoms with E-state index in [-0.39, 0.29) is 0 Å². The van der Waals surface area contributed by atoms with Crippen molar-refractivity contribution in [1.82, 2.24) is 24.4 Å². The third kappa shape index (κ3) is 5.34. The lowest BCUT2D eigenvalue weighted by Crippen LogP contribution is -2.33. The van der Waals surface area contributed by atoms with E-state index in [1.54, 1.807) is 0 Å². The first-order valence-electron chi connectivity index (χ1n) is 14.1. The number of nitrogens with one attached hydrogen (secondary N) is 2. The largest absolute Gasteiger partial charge is 0.351 e. The minimum absolute atomic E-state index is 0.324. The van der Waals surface area contributed by atoms with Gasteiger partial charge in [-0.15, -0.1) is 0 Å². The summed E-state index contributed by atoms with van der Waals surface area (Å²) in [5.41, 5.74) is 10.3. The van der Waals surface area contributed by atoms with Crippen molar-refractivity contribution >= 4 is 28.6 Å². The van der Waals surface area contributed by atoms with Crippen LogP contribution in [0.3, 0.4) is 0 Å². The zero-order valence-corrected chi connectivity index (χ0v) is 21.3. The number of anilines is 3. The smallest absolute Gasteiger partial charge is 0.227 e. The van der Waals surface area contributed by atoms with Crippen LogP contribution in [-0.4, -0.2) is 49.6 Å². The summed E-state index contributed by atoms with van der Waals surface area (Å²) in [6, 6.07) is 9.96. The molecule has 3 fully saturated rings. The molecule has 6 rings (SSSR count). The quantitative estimate of drug-likeness (QED) is 0.412. The summed E-state index contributed by atoms with van der Waals surface area (Å²) in [4.78, 5) is 17.2. The first kappa shape index (κ1) is 23.7. The summed E-state index contributed by atoms with van der Waals surface area (Å²) < 4.78 is 2.28. The highest BCUT2D eigenvalue weighted by atomic mass is 15.2. The van der Waals surface area contributed by atoms with Gasteiger partial charge in [0.05, 0.1) is 6.33 Å². The Morgan fingerprint density at radius 3 is 2.36 bits per heavy atom. The van der Waals surface area contributed by atoms with Crippen molar-refractivity contribution in [2.45, 2.75) is 95.3 Å². The van der Waals surface area contributed by atoms with Crippen LogP contribution in [0.5, 0.6) is 0 Å². The van der Waals surface area contributed by atoms with Gasteiger partial charge in [0.1, 0.15) is 0 Å². The van der Waals surface area contributed by atoms with Crippen LogP contribution in [-0.2, 0) is 6.54 Å². The van der Waals surface area contributed by atoms with Gasteiger partial charge in [0.15, 0.2) is 17.0 Å². The number of nitrogens with two attached hydrogens (primary N) is 1. The average molecular weight is 489 g/mol. The molecule has 3 aliphatic rings. The Kier molecular flexibility index (Phi) is 7.05. The number of hydrogen-bond donors (Lipinski definition) is 3. The van der Waals surface area contributed by atoms with Crippen molar-refractivity contribution in [3.05, 3.63) is 36.2 Å². The predicted octanol–water partition coefficient (Wildman–Crippen LogP) is 5.35. The number of rotatable bonds is 7. The van der Waals surface area contributed by atoms with Crippen molar-refractivity contribution in [1.29, 1.82) is 0 Å². The van der Waals surface area contributed by atoms with E-state index >= 15 is 0 Å². The SMILES string of the molecule is NC1CCC(Nc2nc(Nc3ccc(CN4CCCCC4)cc3)c3ncn(C4CCCC4)c3n2)CC1. The Morgan fingerprint density at radius 1 is 0.861 bits per heavy atom. The molecule has 0 unspecified atom stereocenters. The van der Waals surface area contributed by atoms with E-state index in [4.69, 9.17) is 20.7 Å². The molecule has 1 aromatic carbocycles. The van der Waals surface area contributed by atoms with E-state index in [1.165, 1.54) is 63.6 Å². The van der Waals surface area contributed by atoms with Crippen molar-refractivity contribution in [2.75, 3.05) is 23.7 Å². The van der Waals surface area contributed by atoms with Crippen LogP contribution >= 0.6 is 0 Å². The zero-order valence-electron chi connectivity index (χ0n) is 21.3. The molecule has 0 spiro atoms. The normalized spacial score (nSPS) is 23.8. The Balaban J connectivity index is 1.25. The molecule has 0 atom stereocenters. The molecule has 0 radical (unpaired) electrons. The number of aromatic nitrogens is 4. The van der Waals surface area contributed by atoms with Crippen LogP contribution < -0.4 is 16.4 Å². The highest BCUT2D eigenvalue weighted by molar-refractivity contribution is 5.86. The Hall–Kier alpha value is -2.71. The van der Waals surface area contributed by atoms with Crippen LogP contribution in [0.1, 0.15) is 82.2 Å². The standard InChI is InChI=1S/C28H40N8/c29-21-10-14-23(15-11-21)32-28-33-26(25-27(34-28)36(19-30-25)24-6-2-3-7-24)31-22-12-8-20(9-13-22)18-35-16-4-1-5-17-35/h8-9,12-13,19,21,23-24H,1-7,10-11,14-18,29H2,(H2,31,32,33,34). The number of imidazole rings is 1. The second-order valence-corrected chi connectivity index (χ2v) is 11.1. The molecular weight excluding hydrogens is 448 g/mol. The molecule has 2 aromatic heterocycles. The molecule has 1 saturated heterocycles. The van der Waals surface area contributed by atoms with Gasteiger partial charge in [-0.25, -0.2) is 4.98 Å². The second-order valence-electron chi connectivity index (χ2n) is 11.1. The van der Waals surface area contributed by atoms with Gasteiger partial charge in [0, 0.05) is 30.4 Å². The molecule has 2 saturated carbocycles. The highest BCUT2D eigenvalue weighted by Crippen LogP contribution is 2.34. The summed E-state index contributed by atoms with van der Waals surface area (Å²) in [6.07, 6.45) is 15.1. The number of likely N-dealkylation sites (tertiary alicyclic amines) is 1. The van der Waals surface area contributed by atoms with E-state index in [0.29, 0.717) is 24.1 Å². The number of nitrogens with zero attached hydrogens (tertiary/aromatic N) is 5. The number of benzene rings is 1. The molecule has 3 aromatic rings. The first-order valence-corrected chi connectivity index (χ1v) is 14.1. The van der Waals surface area contributed by atoms with Gasteiger partial charge >= 0.3 is 0 Å². The molecule has 8 heteroatoms. The van der Waals surface area contributed by atoms with E-state index in [2.05, 4.69) is 44.4 Å². The Bertz CT molecular complexity index is 1140. The lowest BCUT2D eigenvalue weighted by Gasteiger charge is -2.27. The van der Waals surface area contributed by atoms with Crippen LogP contribution in [0.15, 0.2) is 30.6 Å². The molecular formula is C28H40N8. The number of fused-ring (bicyclic) bond motifs is 1. The molecule has 36 heavy (non-hydrogen) atoms. The Morgan fingerprint density at radius 2 is 1.61 bits per heavy atom. The van der Waals surface area contributed by atoms with Gasteiger partial charge < -0.3 is 20.9 Å². The minimum Gasteiger partial charge on any atom is -0.351 e. The third-order valence-corrected chi connectivity index (χ3v) is 8.32. The van der Waals surface area contributed by atoms with Gasteiger partial charge in [-0.05, 0) is 82.2 Å². The lowest BCUT2D eigenvalue weighted by atomic mass is 9.92. The van der Waals surface area contributed by atoms with Crippen molar-refractivity contribution in [2.24, 2.45) is 5.73 Å². The van der Waals surface area contributed by atoms with Crippen LogP contribution in [0.25, 0.3) is 11.2 Å². The molecule has 4 N–H and O–H groups in total. The van der Waals surface area contributed by atoms with Gasteiger partial charge in [-0.2, -0.15) is 9.97 Å². The fourth-order valence-corrected chi connectivity index (χ4v) is 6.17. The fraction of sp³-hybridized carbons (Fsp3) is 0.607. The predicted molar refractivity (Wildman–Crippen MR) is 146 cm³/mol.